The summed E-state index contributed by atoms with van der Waals surface area (Å²) in [6.45, 7) is 2.60. The van der Waals surface area contributed by atoms with Gasteiger partial charge in [0.25, 0.3) is 0 Å². The van der Waals surface area contributed by atoms with Gasteiger partial charge in [-0.25, -0.2) is 14.6 Å². The number of nitrogens with one attached hydrogen (secondary N) is 2. The van der Waals surface area contributed by atoms with Crippen molar-refractivity contribution in [3.05, 3.63) is 53.5 Å². The van der Waals surface area contributed by atoms with E-state index in [0.29, 0.717) is 19.0 Å². The lowest BCUT2D eigenvalue weighted by molar-refractivity contribution is -0.139. The molecule has 3 N–H and O–H groups in total. The summed E-state index contributed by atoms with van der Waals surface area (Å²) in [4.78, 5) is 34.9. The molecule has 35 heavy (non-hydrogen) atoms. The van der Waals surface area contributed by atoms with Gasteiger partial charge in [0.2, 0.25) is 0 Å². The summed E-state index contributed by atoms with van der Waals surface area (Å²) in [7, 11) is 0. The number of alkyl carbamates (subject to hydrolysis) is 1. The van der Waals surface area contributed by atoms with Crippen LogP contribution in [0.4, 0.5) is 10.6 Å². The van der Waals surface area contributed by atoms with Gasteiger partial charge in [0.05, 0.1) is 0 Å². The van der Waals surface area contributed by atoms with E-state index in [1.807, 2.05) is 0 Å². The molecule has 1 aliphatic carbocycles. The number of aliphatic carboxylic acids is 1. The van der Waals surface area contributed by atoms with Gasteiger partial charge in [-0.3, -0.25) is 4.98 Å². The van der Waals surface area contributed by atoms with Gasteiger partial charge >= 0.3 is 12.1 Å². The number of rotatable bonds is 13. The summed E-state index contributed by atoms with van der Waals surface area (Å²) in [5.41, 5.74) is 3.18. The highest BCUT2D eigenvalue weighted by atomic mass is 16.5. The van der Waals surface area contributed by atoms with Crippen LogP contribution in [-0.2, 0) is 29.0 Å². The summed E-state index contributed by atoms with van der Waals surface area (Å²) in [5, 5.41) is 15.5. The van der Waals surface area contributed by atoms with Crippen LogP contribution in [0.5, 0.6) is 0 Å². The lowest BCUT2D eigenvalue weighted by atomic mass is 10.1. The average molecular weight is 482 g/mol. The first-order valence-corrected chi connectivity index (χ1v) is 12.6. The first-order valence-electron chi connectivity index (χ1n) is 12.6. The summed E-state index contributed by atoms with van der Waals surface area (Å²) >= 11 is 0. The number of ether oxygens (including phenoxy) is 1. The summed E-state index contributed by atoms with van der Waals surface area (Å²) in [6.07, 6.45) is 10.4. The third-order valence-corrected chi connectivity index (χ3v) is 6.53. The minimum absolute atomic E-state index is 0.0509. The molecule has 4 rings (SSSR count). The van der Waals surface area contributed by atoms with Crippen LogP contribution in [-0.4, -0.2) is 63.8 Å². The van der Waals surface area contributed by atoms with Crippen molar-refractivity contribution in [3.63, 3.8) is 0 Å². The summed E-state index contributed by atoms with van der Waals surface area (Å²) in [5.74, 6) is -0.00861. The minimum Gasteiger partial charge on any atom is -0.480 e. The van der Waals surface area contributed by atoms with E-state index >= 15 is 0 Å². The van der Waals surface area contributed by atoms with E-state index in [1.54, 1.807) is 24.5 Å². The van der Waals surface area contributed by atoms with Gasteiger partial charge < -0.3 is 25.4 Å². The monoisotopic (exact) mass is 481 g/mol. The molecule has 0 aromatic carbocycles. The molecule has 0 bridgehead atoms. The molecular weight excluding hydrogens is 446 g/mol. The van der Waals surface area contributed by atoms with Gasteiger partial charge in [0, 0.05) is 42.8 Å². The molecule has 1 saturated carbocycles. The van der Waals surface area contributed by atoms with Crippen LogP contribution in [0.15, 0.2) is 36.7 Å². The van der Waals surface area contributed by atoms with Crippen molar-refractivity contribution in [1.82, 2.24) is 20.2 Å². The Kier molecular flexibility index (Phi) is 8.89. The molecule has 1 aliphatic heterocycles. The van der Waals surface area contributed by atoms with Crippen LogP contribution >= 0.6 is 0 Å². The molecule has 1 amide bonds. The highest BCUT2D eigenvalue weighted by Gasteiger charge is 2.30. The number of fused-ring (bicyclic) bond motifs is 1. The van der Waals surface area contributed by atoms with Crippen molar-refractivity contribution >= 4 is 17.9 Å². The number of aryl methyl sites for hydroxylation is 2. The standard InChI is InChI=1S/C26H35N5O4/c32-25(33)23(30-26(34)35-18-19-5-3-13-27-17-19)12-16-31(22-10-11-22)15-2-1-7-21-9-8-20-6-4-14-28-24(20)29-21/h3,5,8-9,13,17,22-23H,1-2,4,6-7,10-12,14-16,18H2,(H,28,29)(H,30,34)(H,32,33)/t23-/m0/s1. The number of anilines is 1. The predicted octanol–water partition coefficient (Wildman–Crippen LogP) is 3.39. The Labute approximate surface area is 206 Å². The van der Waals surface area contributed by atoms with E-state index in [9.17, 15) is 14.7 Å². The van der Waals surface area contributed by atoms with Crippen molar-refractivity contribution in [2.24, 2.45) is 0 Å². The maximum absolute atomic E-state index is 12.1. The highest BCUT2D eigenvalue weighted by molar-refractivity contribution is 5.79. The normalized spacial score (nSPS) is 15.7. The molecule has 1 fully saturated rings. The maximum Gasteiger partial charge on any atom is 0.408 e. The predicted molar refractivity (Wildman–Crippen MR) is 132 cm³/mol. The fraction of sp³-hybridized carbons (Fsp3) is 0.538. The molecular formula is C26H35N5O4. The number of unbranched alkanes of at least 4 members (excludes halogenated alkanes) is 1. The van der Waals surface area contributed by atoms with Crippen LogP contribution in [0, 0.1) is 0 Å². The zero-order chi connectivity index (χ0) is 24.5. The smallest absolute Gasteiger partial charge is 0.408 e. The molecule has 0 radical (unpaired) electrons. The molecule has 9 nitrogen and oxygen atoms in total. The Bertz CT molecular complexity index is 983. The van der Waals surface area contributed by atoms with E-state index in [2.05, 4.69) is 32.7 Å². The van der Waals surface area contributed by atoms with E-state index in [4.69, 9.17) is 9.72 Å². The number of aromatic nitrogens is 2. The Morgan fingerprint density at radius 2 is 2.11 bits per heavy atom. The van der Waals surface area contributed by atoms with E-state index in [1.165, 1.54) is 5.56 Å². The Morgan fingerprint density at radius 1 is 1.23 bits per heavy atom. The van der Waals surface area contributed by atoms with Crippen molar-refractivity contribution in [2.45, 2.75) is 70.1 Å². The van der Waals surface area contributed by atoms with Crippen LogP contribution in [0.3, 0.4) is 0 Å². The van der Waals surface area contributed by atoms with Crippen LogP contribution in [0.25, 0.3) is 0 Å². The minimum atomic E-state index is -1.05. The third kappa shape index (κ3) is 7.92. The largest absolute Gasteiger partial charge is 0.480 e. The van der Waals surface area contributed by atoms with Crippen molar-refractivity contribution in [2.75, 3.05) is 25.0 Å². The molecule has 0 unspecified atom stereocenters. The summed E-state index contributed by atoms with van der Waals surface area (Å²) in [6, 6.07) is 7.42. The van der Waals surface area contributed by atoms with Gasteiger partial charge in [-0.05, 0) is 75.6 Å². The van der Waals surface area contributed by atoms with E-state index < -0.39 is 18.1 Å². The number of amides is 1. The lowest BCUT2D eigenvalue weighted by Gasteiger charge is -2.24. The lowest BCUT2D eigenvalue weighted by Crippen LogP contribution is -2.43. The fourth-order valence-electron chi connectivity index (χ4n) is 4.41. The Balaban J connectivity index is 1.18. The van der Waals surface area contributed by atoms with Crippen LogP contribution < -0.4 is 10.6 Å². The number of carbonyl (C=O) groups is 2. The zero-order valence-electron chi connectivity index (χ0n) is 20.1. The second-order valence-electron chi connectivity index (χ2n) is 9.33. The number of carbonyl (C=O) groups excluding carboxylic acids is 1. The SMILES string of the molecule is O=C(N[C@@H](CCN(CCCCc1ccc2c(n1)NCCC2)C1CC1)C(=O)O)OCc1cccnc1. The van der Waals surface area contributed by atoms with Crippen molar-refractivity contribution < 1.29 is 19.4 Å². The highest BCUT2D eigenvalue weighted by Crippen LogP contribution is 2.27. The quantitative estimate of drug-likeness (QED) is 0.373. The fourth-order valence-corrected chi connectivity index (χ4v) is 4.41. The average Bonchev–Trinajstić information content (AvgIpc) is 3.72. The first kappa shape index (κ1) is 24.9. The molecule has 3 heterocycles. The molecule has 1 atom stereocenters. The maximum atomic E-state index is 12.1. The second kappa shape index (κ2) is 12.5. The van der Waals surface area contributed by atoms with E-state index in [0.717, 1.165) is 75.1 Å². The Morgan fingerprint density at radius 3 is 2.89 bits per heavy atom. The van der Waals surface area contributed by atoms with Crippen molar-refractivity contribution in [1.29, 1.82) is 0 Å². The Hall–Kier alpha value is -3.20. The molecule has 2 aromatic heterocycles. The second-order valence-corrected chi connectivity index (χ2v) is 9.33. The van der Waals surface area contributed by atoms with Gasteiger partial charge in [-0.1, -0.05) is 12.1 Å². The van der Waals surface area contributed by atoms with Gasteiger partial charge in [0.1, 0.15) is 18.5 Å². The number of pyridine rings is 2. The number of hydrogen-bond acceptors (Lipinski definition) is 7. The van der Waals surface area contributed by atoms with E-state index in [-0.39, 0.29) is 6.61 Å². The van der Waals surface area contributed by atoms with Gasteiger partial charge in [-0.15, -0.1) is 0 Å². The van der Waals surface area contributed by atoms with Gasteiger partial charge in [-0.2, -0.15) is 0 Å². The molecule has 9 heteroatoms. The topological polar surface area (TPSA) is 117 Å². The first-order chi connectivity index (χ1) is 17.1. The van der Waals surface area contributed by atoms with Crippen LogP contribution in [0.2, 0.25) is 0 Å². The zero-order valence-corrected chi connectivity index (χ0v) is 20.1. The molecule has 0 saturated heterocycles. The van der Waals surface area contributed by atoms with Crippen LogP contribution in [0.1, 0.15) is 55.3 Å². The molecule has 0 spiro atoms. The number of carboxylic acid groups (broad SMARTS) is 1. The number of hydrogen-bond donors (Lipinski definition) is 3. The third-order valence-electron chi connectivity index (χ3n) is 6.53. The molecule has 2 aromatic rings. The number of nitrogens with zero attached hydrogens (tertiary/aromatic N) is 3. The molecule has 2 aliphatic rings. The molecule has 188 valence electrons. The summed E-state index contributed by atoms with van der Waals surface area (Å²) < 4.78 is 5.15. The van der Waals surface area contributed by atoms with Gasteiger partial charge in [0.15, 0.2) is 0 Å². The number of carboxylic acids is 1. The van der Waals surface area contributed by atoms with Crippen molar-refractivity contribution in [3.8, 4) is 0 Å².